The normalized spacial score (nSPS) is 11.1. The van der Waals surface area contributed by atoms with Gasteiger partial charge < -0.3 is 5.32 Å². The molecule has 0 atom stereocenters. The quantitative estimate of drug-likeness (QED) is 0.792. The van der Waals surface area contributed by atoms with E-state index in [-0.39, 0.29) is 5.82 Å². The molecule has 0 aliphatic rings. The number of nitrogens with one attached hydrogen (secondary N) is 1. The molecule has 0 saturated heterocycles. The monoisotopic (exact) mass is 270 g/mol. The van der Waals surface area contributed by atoms with Crippen molar-refractivity contribution in [3.63, 3.8) is 0 Å². The average molecular weight is 270 g/mol. The van der Waals surface area contributed by atoms with E-state index in [1.807, 2.05) is 35.7 Å². The smallest absolute Gasteiger partial charge is 0.160 e. The number of fused-ring (bicyclic) bond motifs is 1. The minimum absolute atomic E-state index is 0.208. The summed E-state index contributed by atoms with van der Waals surface area (Å²) < 4.78 is 15.1. The molecule has 2 aromatic heterocycles. The average Bonchev–Trinajstić information content (AvgIpc) is 2.86. The minimum Gasteiger partial charge on any atom is -0.306 e. The number of aryl methyl sites for hydroxylation is 1. The first-order valence-electron chi connectivity index (χ1n) is 6.48. The highest BCUT2D eigenvalue weighted by atomic mass is 19.1. The van der Waals surface area contributed by atoms with Crippen LogP contribution < -0.4 is 5.32 Å². The minimum atomic E-state index is -0.208. The third kappa shape index (κ3) is 2.53. The van der Waals surface area contributed by atoms with E-state index in [1.54, 1.807) is 12.1 Å². The van der Waals surface area contributed by atoms with E-state index in [0.717, 1.165) is 22.6 Å². The second-order valence-electron chi connectivity index (χ2n) is 4.72. The zero-order valence-corrected chi connectivity index (χ0v) is 11.2. The van der Waals surface area contributed by atoms with E-state index in [9.17, 15) is 4.39 Å². The Labute approximate surface area is 116 Å². The maximum atomic E-state index is 13.2. The summed E-state index contributed by atoms with van der Waals surface area (Å²) >= 11 is 0. The van der Waals surface area contributed by atoms with Gasteiger partial charge in [-0.2, -0.15) is 0 Å². The summed E-state index contributed by atoms with van der Waals surface area (Å²) in [7, 11) is 0. The summed E-state index contributed by atoms with van der Waals surface area (Å²) in [6.45, 7) is 3.16. The zero-order chi connectivity index (χ0) is 13.9. The number of hydrogen-bond donors (Lipinski definition) is 1. The molecule has 0 spiro atoms. The van der Waals surface area contributed by atoms with Crippen LogP contribution >= 0.6 is 0 Å². The van der Waals surface area contributed by atoms with Gasteiger partial charge in [0, 0.05) is 12.7 Å². The van der Waals surface area contributed by atoms with Crippen molar-refractivity contribution in [3.8, 4) is 0 Å². The van der Waals surface area contributed by atoms with Crippen molar-refractivity contribution < 1.29 is 4.39 Å². The molecule has 0 amide bonds. The van der Waals surface area contributed by atoms with E-state index >= 15 is 0 Å². The van der Waals surface area contributed by atoms with Gasteiger partial charge in [0.25, 0.3) is 0 Å². The third-order valence-electron chi connectivity index (χ3n) is 3.29. The lowest BCUT2D eigenvalue weighted by atomic mass is 10.1. The van der Waals surface area contributed by atoms with Gasteiger partial charge in [0.15, 0.2) is 11.5 Å². The van der Waals surface area contributed by atoms with Gasteiger partial charge >= 0.3 is 0 Å². The first-order chi connectivity index (χ1) is 9.74. The Hall–Kier alpha value is -2.27. The first kappa shape index (κ1) is 12.7. The van der Waals surface area contributed by atoms with Crippen molar-refractivity contribution in [3.05, 3.63) is 65.4 Å². The highest BCUT2D eigenvalue weighted by molar-refractivity contribution is 5.37. The topological polar surface area (TPSA) is 42.2 Å². The Morgan fingerprint density at radius 1 is 1.15 bits per heavy atom. The van der Waals surface area contributed by atoms with Crippen molar-refractivity contribution in [2.24, 2.45) is 0 Å². The van der Waals surface area contributed by atoms with Gasteiger partial charge in [-0.15, -0.1) is 10.2 Å². The predicted molar refractivity (Wildman–Crippen MR) is 74.7 cm³/mol. The van der Waals surface area contributed by atoms with Crippen molar-refractivity contribution >= 4 is 5.65 Å². The summed E-state index contributed by atoms with van der Waals surface area (Å²) in [6.07, 6.45) is 1.93. The highest BCUT2D eigenvalue weighted by Gasteiger charge is 2.05. The Kier molecular flexibility index (Phi) is 3.43. The van der Waals surface area contributed by atoms with E-state index in [1.165, 1.54) is 6.07 Å². The summed E-state index contributed by atoms with van der Waals surface area (Å²) in [4.78, 5) is 0. The Morgan fingerprint density at radius 3 is 2.95 bits per heavy atom. The van der Waals surface area contributed by atoms with E-state index in [2.05, 4.69) is 15.5 Å². The first-order valence-corrected chi connectivity index (χ1v) is 6.48. The van der Waals surface area contributed by atoms with Gasteiger partial charge in [-0.05, 0) is 42.3 Å². The van der Waals surface area contributed by atoms with Crippen molar-refractivity contribution in [1.82, 2.24) is 19.9 Å². The Bertz CT molecular complexity index is 736. The third-order valence-corrected chi connectivity index (χ3v) is 3.29. The molecule has 0 aliphatic heterocycles. The van der Waals surface area contributed by atoms with Crippen LogP contribution in [0.3, 0.4) is 0 Å². The molecule has 1 N–H and O–H groups in total. The molecule has 1 aromatic carbocycles. The second kappa shape index (κ2) is 5.38. The van der Waals surface area contributed by atoms with Crippen molar-refractivity contribution in [2.75, 3.05) is 0 Å². The fourth-order valence-electron chi connectivity index (χ4n) is 2.15. The van der Waals surface area contributed by atoms with Gasteiger partial charge in [-0.1, -0.05) is 12.1 Å². The van der Waals surface area contributed by atoms with Gasteiger partial charge in [-0.3, -0.25) is 4.40 Å². The number of benzene rings is 1. The standard InChI is InChI=1S/C15H15FN4/c1-11-5-6-13(16)8-12(11)9-17-10-15-19-18-14-4-2-3-7-20(14)15/h2-8,17H,9-10H2,1H3. The van der Waals surface area contributed by atoms with Crippen molar-refractivity contribution in [2.45, 2.75) is 20.0 Å². The molecule has 20 heavy (non-hydrogen) atoms. The number of aromatic nitrogens is 3. The molecule has 4 nitrogen and oxygen atoms in total. The zero-order valence-electron chi connectivity index (χ0n) is 11.2. The van der Waals surface area contributed by atoms with Crippen LogP contribution in [0.1, 0.15) is 17.0 Å². The van der Waals surface area contributed by atoms with Crippen LogP contribution in [-0.2, 0) is 13.1 Å². The molecule has 0 saturated carbocycles. The molecule has 2 heterocycles. The van der Waals surface area contributed by atoms with E-state index < -0.39 is 0 Å². The molecular weight excluding hydrogens is 255 g/mol. The molecule has 3 aromatic rings. The van der Waals surface area contributed by atoms with Gasteiger partial charge in [0.2, 0.25) is 0 Å². The molecule has 0 aliphatic carbocycles. The van der Waals surface area contributed by atoms with Crippen LogP contribution in [0.5, 0.6) is 0 Å². The second-order valence-corrected chi connectivity index (χ2v) is 4.72. The van der Waals surface area contributed by atoms with Crippen LogP contribution in [0.2, 0.25) is 0 Å². The fourth-order valence-corrected chi connectivity index (χ4v) is 2.15. The number of nitrogens with zero attached hydrogens (tertiary/aromatic N) is 3. The molecular formula is C15H15FN4. The highest BCUT2D eigenvalue weighted by Crippen LogP contribution is 2.10. The SMILES string of the molecule is Cc1ccc(F)cc1CNCc1nnc2ccccn12. The lowest BCUT2D eigenvalue weighted by molar-refractivity contribution is 0.615. The number of halogens is 1. The summed E-state index contributed by atoms with van der Waals surface area (Å²) in [6, 6.07) is 10.6. The molecule has 0 fully saturated rings. The maximum absolute atomic E-state index is 13.2. The maximum Gasteiger partial charge on any atom is 0.160 e. The lowest BCUT2D eigenvalue weighted by Gasteiger charge is -2.07. The molecule has 0 unspecified atom stereocenters. The van der Waals surface area contributed by atoms with Crippen molar-refractivity contribution in [1.29, 1.82) is 0 Å². The predicted octanol–water partition coefficient (Wildman–Crippen LogP) is 2.47. The van der Waals surface area contributed by atoms with Gasteiger partial charge in [0.1, 0.15) is 5.82 Å². The van der Waals surface area contributed by atoms with E-state index in [0.29, 0.717) is 13.1 Å². The van der Waals surface area contributed by atoms with Crippen LogP contribution in [0.4, 0.5) is 4.39 Å². The number of pyridine rings is 1. The summed E-state index contributed by atoms with van der Waals surface area (Å²) in [5.74, 6) is 0.634. The number of hydrogen-bond acceptors (Lipinski definition) is 3. The van der Waals surface area contributed by atoms with E-state index in [4.69, 9.17) is 0 Å². The Morgan fingerprint density at radius 2 is 2.05 bits per heavy atom. The van der Waals surface area contributed by atoms with Gasteiger partial charge in [-0.25, -0.2) is 4.39 Å². The van der Waals surface area contributed by atoms with Crippen LogP contribution in [-0.4, -0.2) is 14.6 Å². The fraction of sp³-hybridized carbons (Fsp3) is 0.200. The molecule has 3 rings (SSSR count). The molecule has 0 radical (unpaired) electrons. The van der Waals surface area contributed by atoms with Crippen LogP contribution in [0.15, 0.2) is 42.6 Å². The van der Waals surface area contributed by atoms with Gasteiger partial charge in [0.05, 0.1) is 6.54 Å². The summed E-state index contributed by atoms with van der Waals surface area (Å²) in [5.41, 5.74) is 2.86. The van der Waals surface area contributed by atoms with Crippen LogP contribution in [0, 0.1) is 12.7 Å². The molecule has 5 heteroatoms. The number of rotatable bonds is 4. The summed E-state index contributed by atoms with van der Waals surface area (Å²) in [5, 5.41) is 11.5. The largest absolute Gasteiger partial charge is 0.306 e. The Balaban J connectivity index is 1.69. The van der Waals surface area contributed by atoms with Crippen LogP contribution in [0.25, 0.3) is 5.65 Å². The lowest BCUT2D eigenvalue weighted by Crippen LogP contribution is -2.15. The molecule has 0 bridgehead atoms. The molecule has 102 valence electrons.